The Labute approximate surface area is 155 Å². The molecule has 138 valence electrons. The van der Waals surface area contributed by atoms with E-state index in [1.807, 2.05) is 18.2 Å². The van der Waals surface area contributed by atoms with Crippen molar-refractivity contribution in [1.82, 2.24) is 10.1 Å². The fraction of sp³-hybridized carbons (Fsp3) is 0.158. The molecule has 0 aliphatic carbocycles. The van der Waals surface area contributed by atoms with Crippen LogP contribution in [0.4, 0.5) is 17.1 Å². The highest BCUT2D eigenvalue weighted by molar-refractivity contribution is 5.95. The van der Waals surface area contributed by atoms with Crippen molar-refractivity contribution in [3.05, 3.63) is 81.7 Å². The molecule has 0 saturated carbocycles. The van der Waals surface area contributed by atoms with Crippen molar-refractivity contribution in [2.45, 2.75) is 13.5 Å². The fourth-order valence-corrected chi connectivity index (χ4v) is 2.63. The molecule has 1 N–H and O–H groups in total. The van der Waals surface area contributed by atoms with Gasteiger partial charge in [0, 0.05) is 30.4 Å². The van der Waals surface area contributed by atoms with E-state index < -0.39 is 4.92 Å². The van der Waals surface area contributed by atoms with Crippen LogP contribution in [0.15, 0.2) is 59.1 Å². The predicted molar refractivity (Wildman–Crippen MR) is 99.9 cm³/mol. The molecular weight excluding hydrogens is 348 g/mol. The van der Waals surface area contributed by atoms with Gasteiger partial charge in [-0.2, -0.15) is 0 Å². The average Bonchev–Trinajstić information content (AvgIpc) is 3.06. The minimum atomic E-state index is -0.511. The van der Waals surface area contributed by atoms with E-state index >= 15 is 0 Å². The van der Waals surface area contributed by atoms with E-state index in [0.29, 0.717) is 17.1 Å². The maximum absolute atomic E-state index is 12.6. The van der Waals surface area contributed by atoms with E-state index in [4.69, 9.17) is 4.52 Å². The number of carbonyl (C=O) groups is 1. The second-order valence-electron chi connectivity index (χ2n) is 6.07. The highest BCUT2D eigenvalue weighted by Crippen LogP contribution is 2.29. The molecule has 0 aliphatic rings. The zero-order chi connectivity index (χ0) is 19.4. The van der Waals surface area contributed by atoms with Crippen LogP contribution in [0.1, 0.15) is 21.8 Å². The van der Waals surface area contributed by atoms with Crippen LogP contribution in [0.3, 0.4) is 0 Å². The van der Waals surface area contributed by atoms with Crippen molar-refractivity contribution in [2.24, 2.45) is 0 Å². The lowest BCUT2D eigenvalue weighted by atomic mass is 10.1. The number of aryl methyl sites for hydroxylation is 1. The summed E-state index contributed by atoms with van der Waals surface area (Å²) in [7, 11) is 1.61. The molecule has 27 heavy (non-hydrogen) atoms. The summed E-state index contributed by atoms with van der Waals surface area (Å²) in [5.41, 5.74) is 1.70. The van der Waals surface area contributed by atoms with Crippen LogP contribution in [-0.2, 0) is 6.54 Å². The first kappa shape index (κ1) is 18.1. The highest BCUT2D eigenvalue weighted by Gasteiger charge is 2.20. The molecule has 0 bridgehead atoms. The number of rotatable bonds is 6. The van der Waals surface area contributed by atoms with Gasteiger partial charge < -0.3 is 14.7 Å². The Morgan fingerprint density at radius 2 is 1.96 bits per heavy atom. The lowest BCUT2D eigenvalue weighted by Crippen LogP contribution is -2.26. The number of nitrogens with one attached hydrogen (secondary N) is 1. The Balaban J connectivity index is 1.82. The summed E-state index contributed by atoms with van der Waals surface area (Å²) >= 11 is 0. The van der Waals surface area contributed by atoms with Gasteiger partial charge in [-0.15, -0.1) is 0 Å². The van der Waals surface area contributed by atoms with Gasteiger partial charge in [0.25, 0.3) is 11.6 Å². The lowest BCUT2D eigenvalue weighted by molar-refractivity contribution is -0.383. The smallest absolute Gasteiger partial charge is 0.293 e. The summed E-state index contributed by atoms with van der Waals surface area (Å²) < 4.78 is 4.99. The SMILES string of the molecule is Cc1cc(CN(C)C(=O)c2ccc(Nc3ccccc3)c([N+](=O)[O-])c2)no1. The van der Waals surface area contributed by atoms with E-state index in [9.17, 15) is 14.9 Å². The van der Waals surface area contributed by atoms with Crippen LogP contribution in [0, 0.1) is 17.0 Å². The van der Waals surface area contributed by atoms with Crippen LogP contribution in [0.25, 0.3) is 0 Å². The monoisotopic (exact) mass is 366 g/mol. The number of para-hydroxylation sites is 1. The predicted octanol–water partition coefficient (Wildman–Crippen LogP) is 3.91. The third kappa shape index (κ3) is 4.30. The van der Waals surface area contributed by atoms with Gasteiger partial charge in [-0.3, -0.25) is 14.9 Å². The van der Waals surface area contributed by atoms with Crippen LogP contribution in [0.2, 0.25) is 0 Å². The molecule has 3 aromatic rings. The van der Waals surface area contributed by atoms with Crippen molar-refractivity contribution in [2.75, 3.05) is 12.4 Å². The van der Waals surface area contributed by atoms with Gasteiger partial charge in [-0.25, -0.2) is 0 Å². The van der Waals surface area contributed by atoms with Gasteiger partial charge in [0.1, 0.15) is 17.1 Å². The molecule has 1 heterocycles. The summed E-state index contributed by atoms with van der Waals surface area (Å²) in [5.74, 6) is 0.308. The number of hydrogen-bond acceptors (Lipinski definition) is 6. The Bertz CT molecular complexity index is 969. The standard InChI is InChI=1S/C19H18N4O4/c1-13-10-16(21-27-13)12-22(2)19(24)14-8-9-17(18(11-14)23(25)26)20-15-6-4-3-5-7-15/h3-11,20H,12H2,1-2H3. The zero-order valence-corrected chi connectivity index (χ0v) is 14.9. The van der Waals surface area contributed by atoms with E-state index in [-0.39, 0.29) is 23.7 Å². The molecule has 1 amide bonds. The minimum Gasteiger partial charge on any atom is -0.361 e. The number of anilines is 2. The van der Waals surface area contributed by atoms with Crippen molar-refractivity contribution in [3.63, 3.8) is 0 Å². The number of nitro benzene ring substituents is 1. The molecule has 0 unspecified atom stereocenters. The fourth-order valence-electron chi connectivity index (χ4n) is 2.63. The Morgan fingerprint density at radius 1 is 1.22 bits per heavy atom. The number of hydrogen-bond donors (Lipinski definition) is 1. The summed E-state index contributed by atoms with van der Waals surface area (Å²) in [5, 5.41) is 18.3. The first-order chi connectivity index (χ1) is 12.9. The Hall–Kier alpha value is -3.68. The van der Waals surface area contributed by atoms with Crippen LogP contribution >= 0.6 is 0 Å². The lowest BCUT2D eigenvalue weighted by Gasteiger charge is -2.16. The molecule has 0 aliphatic heterocycles. The minimum absolute atomic E-state index is 0.171. The number of amides is 1. The van der Waals surface area contributed by atoms with Crippen molar-refractivity contribution in [3.8, 4) is 0 Å². The second kappa shape index (κ2) is 7.69. The summed E-state index contributed by atoms with van der Waals surface area (Å²) in [6.45, 7) is 2.01. The van der Waals surface area contributed by atoms with Gasteiger partial charge in [0.15, 0.2) is 0 Å². The van der Waals surface area contributed by atoms with Crippen LogP contribution in [0.5, 0.6) is 0 Å². The number of nitro groups is 1. The number of carbonyl (C=O) groups excluding carboxylic acids is 1. The van der Waals surface area contributed by atoms with Gasteiger partial charge in [-0.05, 0) is 31.2 Å². The number of benzene rings is 2. The van der Waals surface area contributed by atoms with Crippen molar-refractivity contribution in [1.29, 1.82) is 0 Å². The Morgan fingerprint density at radius 3 is 2.59 bits per heavy atom. The molecule has 0 radical (unpaired) electrons. The van der Waals surface area contributed by atoms with E-state index in [1.54, 1.807) is 38.2 Å². The van der Waals surface area contributed by atoms with Crippen molar-refractivity contribution < 1.29 is 14.2 Å². The summed E-state index contributed by atoms with van der Waals surface area (Å²) in [6.07, 6.45) is 0. The maximum Gasteiger partial charge on any atom is 0.293 e. The van der Waals surface area contributed by atoms with E-state index in [0.717, 1.165) is 5.69 Å². The average molecular weight is 366 g/mol. The van der Waals surface area contributed by atoms with Gasteiger partial charge in [-0.1, -0.05) is 23.4 Å². The van der Waals surface area contributed by atoms with Crippen LogP contribution in [-0.4, -0.2) is 27.9 Å². The third-order valence-corrected chi connectivity index (χ3v) is 3.92. The summed E-state index contributed by atoms with van der Waals surface area (Å²) in [4.78, 5) is 25.0. The molecule has 8 nitrogen and oxygen atoms in total. The molecule has 2 aromatic carbocycles. The summed E-state index contributed by atoms with van der Waals surface area (Å²) in [6, 6.07) is 15.2. The molecular formula is C19H18N4O4. The quantitative estimate of drug-likeness (QED) is 0.524. The molecule has 8 heteroatoms. The molecule has 0 saturated heterocycles. The normalized spacial score (nSPS) is 10.4. The third-order valence-electron chi connectivity index (χ3n) is 3.92. The van der Waals surface area contributed by atoms with Gasteiger partial charge in [0.05, 0.1) is 11.5 Å². The maximum atomic E-state index is 12.6. The molecule has 0 atom stereocenters. The first-order valence-corrected chi connectivity index (χ1v) is 8.22. The van der Waals surface area contributed by atoms with Crippen molar-refractivity contribution >= 4 is 23.0 Å². The molecule has 0 spiro atoms. The van der Waals surface area contributed by atoms with Crippen LogP contribution < -0.4 is 5.32 Å². The Kier molecular flexibility index (Phi) is 5.16. The second-order valence-corrected chi connectivity index (χ2v) is 6.07. The first-order valence-electron chi connectivity index (χ1n) is 8.22. The topological polar surface area (TPSA) is 102 Å². The van der Waals surface area contributed by atoms with E-state index in [1.165, 1.54) is 17.0 Å². The van der Waals surface area contributed by atoms with E-state index in [2.05, 4.69) is 10.5 Å². The molecule has 1 aromatic heterocycles. The van der Waals surface area contributed by atoms with Gasteiger partial charge in [0.2, 0.25) is 0 Å². The number of nitrogens with zero attached hydrogens (tertiary/aromatic N) is 3. The largest absolute Gasteiger partial charge is 0.361 e. The van der Waals surface area contributed by atoms with Gasteiger partial charge >= 0.3 is 0 Å². The molecule has 0 fully saturated rings. The zero-order valence-electron chi connectivity index (χ0n) is 14.9. The molecule has 3 rings (SSSR count). The number of aromatic nitrogens is 1. The highest BCUT2D eigenvalue weighted by atomic mass is 16.6.